The van der Waals surface area contributed by atoms with Crippen LogP contribution in [0.2, 0.25) is 0 Å². The average Bonchev–Trinajstić information content (AvgIpc) is 3.33. The lowest BCUT2D eigenvalue weighted by molar-refractivity contribution is 0.149. The summed E-state index contributed by atoms with van der Waals surface area (Å²) in [6.45, 7) is 1.68. The fourth-order valence-electron chi connectivity index (χ4n) is 2.75. The minimum Gasteiger partial charge on any atom is -0.406 e. The van der Waals surface area contributed by atoms with Crippen molar-refractivity contribution in [3.05, 3.63) is 53.6 Å². The van der Waals surface area contributed by atoms with E-state index in [2.05, 4.69) is 25.4 Å². The first kappa shape index (κ1) is 18.9. The Labute approximate surface area is 167 Å². The molecule has 0 aliphatic carbocycles. The molecule has 0 bridgehead atoms. The van der Waals surface area contributed by atoms with Crippen molar-refractivity contribution in [3.8, 4) is 16.6 Å². The maximum Gasteiger partial charge on any atom is 0.432 e. The number of ether oxygens (including phenoxy) is 1. The number of carbonyl (C=O) groups is 1. The maximum absolute atomic E-state index is 12.8. The quantitative estimate of drug-likeness (QED) is 0.532. The van der Waals surface area contributed by atoms with Crippen molar-refractivity contribution in [2.75, 3.05) is 5.43 Å². The third kappa shape index (κ3) is 4.04. The van der Waals surface area contributed by atoms with Gasteiger partial charge in [0.15, 0.2) is 22.2 Å². The molecule has 1 N–H and O–H groups in total. The Morgan fingerprint density at radius 2 is 2.17 bits per heavy atom. The largest absolute Gasteiger partial charge is 0.432 e. The lowest BCUT2D eigenvalue weighted by Gasteiger charge is -2.09. The Bertz CT molecular complexity index is 1160. The summed E-state index contributed by atoms with van der Waals surface area (Å²) in [5.74, 6) is 0.600. The number of alkyl halides is 2. The fourth-order valence-corrected chi connectivity index (χ4v) is 3.33. The second kappa shape index (κ2) is 7.87. The van der Waals surface area contributed by atoms with Gasteiger partial charge in [0.05, 0.1) is 11.9 Å². The number of hydrogen-bond acceptors (Lipinski definition) is 7. The van der Waals surface area contributed by atoms with Crippen molar-refractivity contribution in [1.29, 1.82) is 0 Å². The van der Waals surface area contributed by atoms with Gasteiger partial charge in [-0.25, -0.2) is 43.6 Å². The summed E-state index contributed by atoms with van der Waals surface area (Å²) in [6, 6.07) is 3.31. The molecule has 0 spiro atoms. The molecule has 0 fully saturated rings. The molecule has 11 heteroatoms. The highest BCUT2D eigenvalue weighted by Gasteiger charge is 2.17. The van der Waals surface area contributed by atoms with E-state index >= 15 is 0 Å². The van der Waals surface area contributed by atoms with Crippen LogP contribution in [0, 0.1) is 6.92 Å². The van der Waals surface area contributed by atoms with E-state index in [-0.39, 0.29) is 5.75 Å². The van der Waals surface area contributed by atoms with Crippen molar-refractivity contribution in [2.24, 2.45) is 0 Å². The monoisotopic (exact) mass is 416 g/mol. The zero-order valence-electron chi connectivity index (χ0n) is 15.0. The van der Waals surface area contributed by atoms with Gasteiger partial charge in [-0.3, -0.25) is 0 Å². The molecule has 0 aliphatic heterocycles. The summed E-state index contributed by atoms with van der Waals surface area (Å²) in [7, 11) is 0. The number of amides is 1. The normalized spacial score (nSPS) is 11.2. The van der Waals surface area contributed by atoms with Gasteiger partial charge in [-0.1, -0.05) is 0 Å². The molecule has 0 aliphatic rings. The van der Waals surface area contributed by atoms with E-state index in [1.54, 1.807) is 25.3 Å². The lowest BCUT2D eigenvalue weighted by Crippen LogP contribution is -2.26. The van der Waals surface area contributed by atoms with E-state index in [0.29, 0.717) is 33.1 Å². The van der Waals surface area contributed by atoms with Crippen LogP contribution in [0.5, 0.6) is 5.75 Å². The number of hydrogen-bond donors (Lipinski definition) is 1. The first-order valence-corrected chi connectivity index (χ1v) is 9.34. The predicted octanol–water partition coefficient (Wildman–Crippen LogP) is 3.81. The Kier molecular flexibility index (Phi) is 5.12. The van der Waals surface area contributed by atoms with E-state index in [1.165, 1.54) is 34.6 Å². The second-order valence-electron chi connectivity index (χ2n) is 5.98. The van der Waals surface area contributed by atoms with Gasteiger partial charge in [-0.2, -0.15) is 0 Å². The van der Waals surface area contributed by atoms with Gasteiger partial charge in [0, 0.05) is 35.8 Å². The highest BCUT2D eigenvalue weighted by atomic mass is 32.1. The Morgan fingerprint density at radius 3 is 2.90 bits per heavy atom. The van der Waals surface area contributed by atoms with Crippen LogP contribution in [-0.2, 0) is 6.42 Å². The van der Waals surface area contributed by atoms with E-state index in [4.69, 9.17) is 4.74 Å². The summed E-state index contributed by atoms with van der Waals surface area (Å²) in [5, 5.41) is 2.99. The van der Waals surface area contributed by atoms with E-state index in [1.807, 2.05) is 5.38 Å². The van der Waals surface area contributed by atoms with Gasteiger partial charge in [0.2, 0.25) is 6.43 Å². The molecule has 0 radical (unpaired) electrons. The predicted molar refractivity (Wildman–Crippen MR) is 103 cm³/mol. The average molecular weight is 416 g/mol. The number of carbonyl (C=O) groups excluding carboxylic acids is 1. The summed E-state index contributed by atoms with van der Waals surface area (Å²) in [6.07, 6.45) is 2.15. The molecule has 0 saturated carbocycles. The number of nitrogens with zero attached hydrogens (tertiary/aromatic N) is 5. The molecule has 1 amide bonds. The van der Waals surface area contributed by atoms with E-state index < -0.39 is 18.9 Å². The molecule has 29 heavy (non-hydrogen) atoms. The number of aryl methyl sites for hydroxylation is 1. The maximum atomic E-state index is 12.8. The molecule has 0 aromatic carbocycles. The van der Waals surface area contributed by atoms with E-state index in [0.717, 1.165) is 0 Å². The van der Waals surface area contributed by atoms with Crippen molar-refractivity contribution in [3.63, 3.8) is 0 Å². The van der Waals surface area contributed by atoms with Crippen LogP contribution in [0.3, 0.4) is 0 Å². The zero-order valence-corrected chi connectivity index (χ0v) is 15.9. The van der Waals surface area contributed by atoms with Gasteiger partial charge in [0.25, 0.3) is 0 Å². The van der Waals surface area contributed by atoms with Gasteiger partial charge in [0.1, 0.15) is 0 Å². The van der Waals surface area contributed by atoms with Crippen LogP contribution in [0.15, 0.2) is 42.3 Å². The third-order valence-electron chi connectivity index (χ3n) is 3.99. The molecule has 0 atom stereocenters. The number of fused-ring (bicyclic) bond motifs is 1. The minimum absolute atomic E-state index is 0.167. The van der Waals surface area contributed by atoms with Crippen molar-refractivity contribution in [2.45, 2.75) is 19.8 Å². The zero-order chi connectivity index (χ0) is 20.4. The molecule has 0 unspecified atom stereocenters. The fraction of sp³-hybridized carbons (Fsp3) is 0.167. The number of thiazole rings is 1. The number of aromatic nitrogens is 5. The van der Waals surface area contributed by atoms with Crippen LogP contribution in [-0.4, -0.2) is 37.1 Å². The highest BCUT2D eigenvalue weighted by molar-refractivity contribution is 7.12. The smallest absolute Gasteiger partial charge is 0.406 e. The van der Waals surface area contributed by atoms with Crippen molar-refractivity contribution < 1.29 is 18.3 Å². The Morgan fingerprint density at radius 1 is 1.31 bits per heavy atom. The van der Waals surface area contributed by atoms with Crippen LogP contribution in [0.1, 0.15) is 11.3 Å². The molecule has 8 nitrogen and oxygen atoms in total. The highest BCUT2D eigenvalue weighted by Crippen LogP contribution is 2.23. The SMILES string of the molecule is Cc1nc(-c2nccs2)ncc1OC(=O)Nn1cc(CC(F)F)c2cccnc21. The molecule has 4 aromatic heterocycles. The molecule has 4 heterocycles. The number of halogens is 2. The summed E-state index contributed by atoms with van der Waals surface area (Å²) >= 11 is 1.39. The number of nitrogens with one attached hydrogen (secondary N) is 1. The first-order valence-electron chi connectivity index (χ1n) is 8.46. The van der Waals surface area contributed by atoms with Crippen LogP contribution in [0.25, 0.3) is 21.9 Å². The Hall–Kier alpha value is -3.47. The molecular weight excluding hydrogens is 402 g/mol. The first-order chi connectivity index (χ1) is 14.0. The topological polar surface area (TPSA) is 94.8 Å². The van der Waals surface area contributed by atoms with E-state index in [9.17, 15) is 13.6 Å². The second-order valence-corrected chi connectivity index (χ2v) is 6.87. The third-order valence-corrected chi connectivity index (χ3v) is 4.76. The van der Waals surface area contributed by atoms with Crippen LogP contribution in [0.4, 0.5) is 13.6 Å². The van der Waals surface area contributed by atoms with Crippen LogP contribution >= 0.6 is 11.3 Å². The van der Waals surface area contributed by atoms with Crippen molar-refractivity contribution >= 4 is 28.5 Å². The van der Waals surface area contributed by atoms with Gasteiger partial charge >= 0.3 is 6.09 Å². The molecule has 148 valence electrons. The molecule has 0 saturated heterocycles. The van der Waals surface area contributed by atoms with Crippen molar-refractivity contribution in [1.82, 2.24) is 24.6 Å². The lowest BCUT2D eigenvalue weighted by atomic mass is 10.2. The summed E-state index contributed by atoms with van der Waals surface area (Å²) in [4.78, 5) is 29.1. The number of rotatable bonds is 5. The molecular formula is C18H14F2N6O2S. The standard InChI is InChI=1S/C18H14F2N6O2S/c1-10-13(8-23-15(24-10)17-22-5-6-29-17)28-18(27)25-26-9-11(7-14(19)20)12-3-2-4-21-16(12)26/h2-6,8-9,14H,7H2,1H3,(H,25,27). The van der Waals surface area contributed by atoms with Crippen LogP contribution < -0.4 is 10.2 Å². The molecule has 4 aromatic rings. The van der Waals surface area contributed by atoms with Gasteiger partial charge in [-0.15, -0.1) is 11.3 Å². The number of pyridine rings is 1. The van der Waals surface area contributed by atoms with Gasteiger partial charge < -0.3 is 4.74 Å². The summed E-state index contributed by atoms with van der Waals surface area (Å²) in [5.41, 5.74) is 3.64. The Balaban J connectivity index is 1.53. The molecule has 4 rings (SSSR count). The van der Waals surface area contributed by atoms with Gasteiger partial charge in [-0.05, 0) is 24.6 Å². The summed E-state index contributed by atoms with van der Waals surface area (Å²) < 4.78 is 32.2. The minimum atomic E-state index is -2.52.